The molecule has 0 aliphatic carbocycles. The van der Waals surface area contributed by atoms with E-state index < -0.39 is 6.61 Å². The van der Waals surface area contributed by atoms with Crippen LogP contribution in [0.15, 0.2) is 41.1 Å². The quantitative estimate of drug-likeness (QED) is 0.869. The lowest BCUT2D eigenvalue weighted by molar-refractivity contribution is -0.0507. The Morgan fingerprint density at radius 2 is 2.05 bits per heavy atom. The van der Waals surface area contributed by atoms with Crippen molar-refractivity contribution in [2.45, 2.75) is 19.1 Å². The maximum absolute atomic E-state index is 12.4. The fraction of sp³-hybridized carbons (Fsp3) is 0.286. The summed E-state index contributed by atoms with van der Waals surface area (Å²) in [4.78, 5) is 0. The van der Waals surface area contributed by atoms with E-state index in [1.807, 2.05) is 30.6 Å². The molecule has 1 N–H and O–H groups in total. The predicted octanol–water partition coefficient (Wildman–Crippen LogP) is 3.85. The van der Waals surface area contributed by atoms with E-state index in [0.717, 1.165) is 12.0 Å². The molecular weight excluding hydrogens is 268 g/mol. The molecule has 0 spiro atoms. The third-order valence-corrected chi connectivity index (χ3v) is 3.61. The molecule has 1 atom stereocenters. The molecule has 102 valence electrons. The number of halogens is 2. The molecule has 1 aromatic heterocycles. The maximum Gasteiger partial charge on any atom is 0.387 e. The molecule has 1 aromatic carbocycles. The Balaban J connectivity index is 2.22. The van der Waals surface area contributed by atoms with Gasteiger partial charge in [-0.05, 0) is 41.9 Å². The highest BCUT2D eigenvalue weighted by molar-refractivity contribution is 7.07. The molecule has 0 amide bonds. The van der Waals surface area contributed by atoms with E-state index in [-0.39, 0.29) is 11.8 Å². The summed E-state index contributed by atoms with van der Waals surface area (Å²) < 4.78 is 29.4. The molecule has 2 aromatic rings. The Kier molecular flexibility index (Phi) is 4.87. The number of ether oxygens (including phenoxy) is 1. The minimum Gasteiger partial charge on any atom is -0.434 e. The fourth-order valence-electron chi connectivity index (χ4n) is 1.98. The van der Waals surface area contributed by atoms with Crippen LogP contribution >= 0.6 is 11.3 Å². The van der Waals surface area contributed by atoms with Gasteiger partial charge in [-0.25, -0.2) is 0 Å². The Labute approximate surface area is 115 Å². The number of thiophene rings is 1. The number of alkyl halides is 2. The summed E-state index contributed by atoms with van der Waals surface area (Å²) in [5.41, 5.74) is 1.92. The Hall–Kier alpha value is -1.46. The lowest BCUT2D eigenvalue weighted by atomic mass is 10.00. The molecule has 2 nitrogen and oxygen atoms in total. The average molecular weight is 283 g/mol. The summed E-state index contributed by atoms with van der Waals surface area (Å²) in [7, 11) is 1.82. The second-order valence-electron chi connectivity index (χ2n) is 4.09. The van der Waals surface area contributed by atoms with Crippen LogP contribution in [-0.2, 0) is 6.42 Å². The maximum atomic E-state index is 12.4. The van der Waals surface area contributed by atoms with Crippen molar-refractivity contribution < 1.29 is 13.5 Å². The van der Waals surface area contributed by atoms with E-state index in [2.05, 4.69) is 15.4 Å². The van der Waals surface area contributed by atoms with Crippen LogP contribution in [0, 0.1) is 0 Å². The number of likely N-dealkylation sites (N-methyl/N-ethyl adjacent to an activating group) is 1. The Morgan fingerprint density at radius 3 is 2.68 bits per heavy atom. The SMILES string of the molecule is CNC(Cc1ccsc1)c1ccccc1OC(F)F. The van der Waals surface area contributed by atoms with E-state index in [0.29, 0.717) is 0 Å². The summed E-state index contributed by atoms with van der Waals surface area (Å²) in [5.74, 6) is 0.229. The van der Waals surface area contributed by atoms with Crippen LogP contribution in [0.4, 0.5) is 8.78 Å². The van der Waals surface area contributed by atoms with E-state index in [4.69, 9.17) is 0 Å². The average Bonchev–Trinajstić information content (AvgIpc) is 2.89. The summed E-state index contributed by atoms with van der Waals surface area (Å²) in [6.45, 7) is -2.81. The standard InChI is InChI=1S/C14H15F2NOS/c1-17-12(8-10-6-7-19-9-10)11-4-2-3-5-13(11)18-14(15)16/h2-7,9,12,14,17H,8H2,1H3. The first kappa shape index (κ1) is 14.0. The molecule has 2 rings (SSSR count). The summed E-state index contributed by atoms with van der Waals surface area (Å²) in [6, 6.07) is 8.88. The zero-order valence-corrected chi connectivity index (χ0v) is 11.3. The summed E-state index contributed by atoms with van der Waals surface area (Å²) in [6.07, 6.45) is 0.740. The largest absolute Gasteiger partial charge is 0.434 e. The number of nitrogens with one attached hydrogen (secondary N) is 1. The van der Waals surface area contributed by atoms with Gasteiger partial charge in [0, 0.05) is 11.6 Å². The fourth-order valence-corrected chi connectivity index (χ4v) is 2.67. The first-order valence-corrected chi connectivity index (χ1v) is 6.87. The van der Waals surface area contributed by atoms with Gasteiger partial charge in [-0.2, -0.15) is 20.1 Å². The van der Waals surface area contributed by atoms with Gasteiger partial charge in [-0.3, -0.25) is 0 Å². The van der Waals surface area contributed by atoms with Crippen LogP contribution in [-0.4, -0.2) is 13.7 Å². The van der Waals surface area contributed by atoms with Gasteiger partial charge in [0.1, 0.15) is 5.75 Å². The van der Waals surface area contributed by atoms with Gasteiger partial charge in [0.15, 0.2) is 0 Å². The highest BCUT2D eigenvalue weighted by atomic mass is 32.1. The molecule has 0 aliphatic rings. The van der Waals surface area contributed by atoms with Gasteiger partial charge in [-0.1, -0.05) is 18.2 Å². The number of para-hydroxylation sites is 1. The third kappa shape index (κ3) is 3.75. The second kappa shape index (κ2) is 6.63. The van der Waals surface area contributed by atoms with Gasteiger partial charge in [0.25, 0.3) is 0 Å². The van der Waals surface area contributed by atoms with Crippen molar-refractivity contribution in [3.8, 4) is 5.75 Å². The minimum atomic E-state index is -2.81. The van der Waals surface area contributed by atoms with Crippen LogP contribution in [0.2, 0.25) is 0 Å². The van der Waals surface area contributed by atoms with Crippen molar-refractivity contribution in [2.24, 2.45) is 0 Å². The molecule has 5 heteroatoms. The van der Waals surface area contributed by atoms with Gasteiger partial charge < -0.3 is 10.1 Å². The van der Waals surface area contributed by atoms with Crippen molar-refractivity contribution >= 4 is 11.3 Å². The van der Waals surface area contributed by atoms with E-state index >= 15 is 0 Å². The second-order valence-corrected chi connectivity index (χ2v) is 4.87. The monoisotopic (exact) mass is 283 g/mol. The Bertz CT molecular complexity index is 502. The normalized spacial score (nSPS) is 12.6. The van der Waals surface area contributed by atoms with E-state index in [1.165, 1.54) is 5.56 Å². The molecule has 1 heterocycles. The molecule has 0 fully saturated rings. The first-order chi connectivity index (χ1) is 9.20. The smallest absolute Gasteiger partial charge is 0.387 e. The molecule has 0 saturated heterocycles. The van der Waals surface area contributed by atoms with Crippen molar-refractivity contribution in [1.82, 2.24) is 5.32 Å². The number of rotatable bonds is 6. The first-order valence-electron chi connectivity index (χ1n) is 5.92. The predicted molar refractivity (Wildman–Crippen MR) is 72.9 cm³/mol. The number of benzene rings is 1. The van der Waals surface area contributed by atoms with E-state index in [1.54, 1.807) is 23.5 Å². The van der Waals surface area contributed by atoms with Crippen molar-refractivity contribution in [3.63, 3.8) is 0 Å². The lowest BCUT2D eigenvalue weighted by Crippen LogP contribution is -2.20. The van der Waals surface area contributed by atoms with Crippen LogP contribution in [0.3, 0.4) is 0 Å². The molecular formula is C14H15F2NOS. The van der Waals surface area contributed by atoms with Gasteiger partial charge in [0.05, 0.1) is 0 Å². The zero-order valence-electron chi connectivity index (χ0n) is 10.5. The third-order valence-electron chi connectivity index (χ3n) is 2.88. The zero-order chi connectivity index (χ0) is 13.7. The van der Waals surface area contributed by atoms with Crippen molar-refractivity contribution in [2.75, 3.05) is 7.05 Å². The van der Waals surface area contributed by atoms with Crippen molar-refractivity contribution in [3.05, 3.63) is 52.2 Å². The van der Waals surface area contributed by atoms with Gasteiger partial charge in [-0.15, -0.1) is 0 Å². The van der Waals surface area contributed by atoms with Gasteiger partial charge in [0.2, 0.25) is 0 Å². The molecule has 19 heavy (non-hydrogen) atoms. The van der Waals surface area contributed by atoms with Crippen LogP contribution in [0.1, 0.15) is 17.2 Å². The molecule has 0 saturated carbocycles. The topological polar surface area (TPSA) is 21.3 Å². The van der Waals surface area contributed by atoms with Crippen LogP contribution < -0.4 is 10.1 Å². The minimum absolute atomic E-state index is 0.0513. The number of hydrogen-bond acceptors (Lipinski definition) is 3. The van der Waals surface area contributed by atoms with Crippen molar-refractivity contribution in [1.29, 1.82) is 0 Å². The highest BCUT2D eigenvalue weighted by Gasteiger charge is 2.17. The van der Waals surface area contributed by atoms with E-state index in [9.17, 15) is 8.78 Å². The molecule has 1 unspecified atom stereocenters. The number of hydrogen-bond donors (Lipinski definition) is 1. The molecule has 0 radical (unpaired) electrons. The summed E-state index contributed by atoms with van der Waals surface area (Å²) in [5, 5.41) is 7.21. The highest BCUT2D eigenvalue weighted by Crippen LogP contribution is 2.29. The molecule has 0 bridgehead atoms. The van der Waals surface area contributed by atoms with Gasteiger partial charge >= 0.3 is 6.61 Å². The Morgan fingerprint density at radius 1 is 1.26 bits per heavy atom. The molecule has 0 aliphatic heterocycles. The summed E-state index contributed by atoms with van der Waals surface area (Å²) >= 11 is 1.62. The van der Waals surface area contributed by atoms with Crippen LogP contribution in [0.5, 0.6) is 5.75 Å². The lowest BCUT2D eigenvalue weighted by Gasteiger charge is -2.19. The van der Waals surface area contributed by atoms with Crippen LogP contribution in [0.25, 0.3) is 0 Å².